The Bertz CT molecular complexity index is 1260. The van der Waals surface area contributed by atoms with E-state index in [0.717, 1.165) is 15.7 Å². The molecule has 2 N–H and O–H groups in total. The van der Waals surface area contributed by atoms with Crippen molar-refractivity contribution < 1.29 is 13.2 Å². The first-order chi connectivity index (χ1) is 15.1. The molecule has 1 aliphatic rings. The van der Waals surface area contributed by atoms with Crippen molar-refractivity contribution >= 4 is 37.7 Å². The molecule has 7 nitrogen and oxygen atoms in total. The van der Waals surface area contributed by atoms with Crippen LogP contribution in [0.3, 0.4) is 0 Å². The fraction of sp³-hybridized carbons (Fsp3) is 0.304. The van der Waals surface area contributed by atoms with Crippen molar-refractivity contribution in [1.29, 1.82) is 0 Å². The van der Waals surface area contributed by atoms with Crippen molar-refractivity contribution in [3.8, 4) is 0 Å². The number of rotatable bonds is 4. The third-order valence-corrected chi connectivity index (χ3v) is 7.93. The van der Waals surface area contributed by atoms with Crippen LogP contribution in [0.1, 0.15) is 48.0 Å². The lowest BCUT2D eigenvalue weighted by molar-refractivity contribution is 0.102. The van der Waals surface area contributed by atoms with E-state index in [-0.39, 0.29) is 22.8 Å². The standard InChI is InChI=1S/C23H25BrN4O3S/c1-23(2,3)16-7-9-18(10-8-16)32(30,31)28-12-11-20-19(14-28)21(27-26-20)25-22(29)15-5-4-6-17(24)13-15/h4-10,13H,11-12,14H2,1-3H3,(H2,25,26,27,29). The van der Waals surface area contributed by atoms with E-state index >= 15 is 0 Å². The summed E-state index contributed by atoms with van der Waals surface area (Å²) in [5.74, 6) is 0.0475. The highest BCUT2D eigenvalue weighted by Crippen LogP contribution is 2.30. The second kappa shape index (κ2) is 8.46. The molecule has 2 heterocycles. The zero-order valence-electron chi connectivity index (χ0n) is 18.1. The number of benzene rings is 2. The summed E-state index contributed by atoms with van der Waals surface area (Å²) in [5.41, 5.74) is 3.03. The minimum Gasteiger partial charge on any atom is -0.305 e. The minimum absolute atomic E-state index is 0.0550. The minimum atomic E-state index is -3.68. The Balaban J connectivity index is 1.56. The number of halogens is 1. The quantitative estimate of drug-likeness (QED) is 0.534. The van der Waals surface area contributed by atoms with Gasteiger partial charge in [-0.15, -0.1) is 0 Å². The van der Waals surface area contributed by atoms with Gasteiger partial charge in [-0.3, -0.25) is 9.89 Å². The maximum Gasteiger partial charge on any atom is 0.256 e. The van der Waals surface area contributed by atoms with Gasteiger partial charge in [-0.2, -0.15) is 9.40 Å². The predicted molar refractivity (Wildman–Crippen MR) is 127 cm³/mol. The van der Waals surface area contributed by atoms with E-state index in [4.69, 9.17) is 0 Å². The average Bonchev–Trinajstić information content (AvgIpc) is 3.15. The SMILES string of the molecule is CC(C)(C)c1ccc(S(=O)(=O)N2CCc3[nH]nc(NC(=O)c4cccc(Br)c4)c3C2)cc1. The Morgan fingerprint density at radius 1 is 1.16 bits per heavy atom. The number of nitrogens with zero attached hydrogens (tertiary/aromatic N) is 2. The fourth-order valence-electron chi connectivity index (χ4n) is 3.66. The number of aromatic amines is 1. The Hall–Kier alpha value is -2.49. The second-order valence-electron chi connectivity index (χ2n) is 8.86. The van der Waals surface area contributed by atoms with Gasteiger partial charge in [-0.1, -0.05) is 54.9 Å². The Morgan fingerprint density at radius 3 is 2.53 bits per heavy atom. The number of nitrogens with one attached hydrogen (secondary N) is 2. The second-order valence-corrected chi connectivity index (χ2v) is 11.7. The summed E-state index contributed by atoms with van der Waals surface area (Å²) < 4.78 is 28.8. The van der Waals surface area contributed by atoms with E-state index < -0.39 is 10.0 Å². The summed E-state index contributed by atoms with van der Waals surface area (Å²) in [6.45, 7) is 6.75. The number of sulfonamides is 1. The summed E-state index contributed by atoms with van der Waals surface area (Å²) >= 11 is 3.36. The van der Waals surface area contributed by atoms with Gasteiger partial charge in [0.15, 0.2) is 5.82 Å². The molecule has 0 saturated carbocycles. The van der Waals surface area contributed by atoms with Gasteiger partial charge in [0.2, 0.25) is 10.0 Å². The van der Waals surface area contributed by atoms with Crippen LogP contribution < -0.4 is 5.32 Å². The Kier molecular flexibility index (Phi) is 6.00. The van der Waals surface area contributed by atoms with Crippen LogP contribution in [-0.4, -0.2) is 35.4 Å². The number of aromatic nitrogens is 2. The van der Waals surface area contributed by atoms with Crippen LogP contribution in [0.2, 0.25) is 0 Å². The van der Waals surface area contributed by atoms with Crippen molar-refractivity contribution in [2.24, 2.45) is 0 Å². The van der Waals surface area contributed by atoms with E-state index in [1.807, 2.05) is 18.2 Å². The number of anilines is 1. The molecule has 0 fully saturated rings. The van der Waals surface area contributed by atoms with Crippen LogP contribution >= 0.6 is 15.9 Å². The molecule has 0 bridgehead atoms. The van der Waals surface area contributed by atoms with Gasteiger partial charge in [0.25, 0.3) is 5.91 Å². The van der Waals surface area contributed by atoms with Crippen LogP contribution in [0.25, 0.3) is 0 Å². The third kappa shape index (κ3) is 4.51. The molecule has 2 aromatic carbocycles. The Labute approximate surface area is 196 Å². The number of carbonyl (C=O) groups excluding carboxylic acids is 1. The van der Waals surface area contributed by atoms with Gasteiger partial charge in [0, 0.05) is 40.8 Å². The van der Waals surface area contributed by atoms with Crippen LogP contribution in [0, 0.1) is 0 Å². The highest BCUT2D eigenvalue weighted by atomic mass is 79.9. The van der Waals surface area contributed by atoms with Gasteiger partial charge in [0.1, 0.15) is 0 Å². The summed E-state index contributed by atoms with van der Waals surface area (Å²) in [7, 11) is -3.68. The molecular weight excluding hydrogens is 492 g/mol. The number of fused-ring (bicyclic) bond motifs is 1. The molecule has 3 aromatic rings. The lowest BCUT2D eigenvalue weighted by Crippen LogP contribution is -2.36. The van der Waals surface area contributed by atoms with E-state index in [9.17, 15) is 13.2 Å². The van der Waals surface area contributed by atoms with E-state index in [2.05, 4.69) is 52.2 Å². The number of carbonyl (C=O) groups is 1. The molecule has 1 aliphatic heterocycles. The van der Waals surface area contributed by atoms with Gasteiger partial charge in [-0.25, -0.2) is 8.42 Å². The van der Waals surface area contributed by atoms with Gasteiger partial charge >= 0.3 is 0 Å². The predicted octanol–water partition coefficient (Wildman–Crippen LogP) is 4.47. The number of hydrogen-bond acceptors (Lipinski definition) is 4. The molecule has 9 heteroatoms. The summed E-state index contributed by atoms with van der Waals surface area (Å²) in [6, 6.07) is 14.1. The maximum atomic E-state index is 13.3. The molecule has 168 valence electrons. The topological polar surface area (TPSA) is 95.2 Å². The molecular formula is C23H25BrN4O3S. The first-order valence-electron chi connectivity index (χ1n) is 10.3. The van der Waals surface area contributed by atoms with E-state index in [1.165, 1.54) is 4.31 Å². The monoisotopic (exact) mass is 516 g/mol. The fourth-order valence-corrected chi connectivity index (χ4v) is 5.47. The van der Waals surface area contributed by atoms with Crippen LogP contribution in [-0.2, 0) is 28.4 Å². The lowest BCUT2D eigenvalue weighted by Gasteiger charge is -2.27. The molecule has 0 radical (unpaired) electrons. The molecule has 1 aromatic heterocycles. The highest BCUT2D eigenvalue weighted by molar-refractivity contribution is 9.10. The normalized spacial score (nSPS) is 14.8. The molecule has 0 saturated heterocycles. The van der Waals surface area contributed by atoms with E-state index in [0.29, 0.717) is 29.9 Å². The number of H-pyrrole nitrogens is 1. The number of hydrogen-bond donors (Lipinski definition) is 2. The first kappa shape index (κ1) is 22.7. The summed E-state index contributed by atoms with van der Waals surface area (Å²) in [5, 5.41) is 9.96. The van der Waals surface area contributed by atoms with Crippen molar-refractivity contribution in [3.05, 3.63) is 75.4 Å². The molecule has 1 amide bonds. The third-order valence-electron chi connectivity index (χ3n) is 5.58. The zero-order chi connectivity index (χ0) is 23.1. The van der Waals surface area contributed by atoms with Gasteiger partial charge in [0.05, 0.1) is 4.90 Å². The smallest absolute Gasteiger partial charge is 0.256 e. The maximum absolute atomic E-state index is 13.3. The van der Waals surface area contributed by atoms with Crippen molar-refractivity contribution in [1.82, 2.24) is 14.5 Å². The van der Waals surface area contributed by atoms with Crippen molar-refractivity contribution in [3.63, 3.8) is 0 Å². The van der Waals surface area contributed by atoms with Crippen molar-refractivity contribution in [2.75, 3.05) is 11.9 Å². The van der Waals surface area contributed by atoms with Gasteiger partial charge < -0.3 is 5.32 Å². The van der Waals surface area contributed by atoms with Crippen LogP contribution in [0.4, 0.5) is 5.82 Å². The zero-order valence-corrected chi connectivity index (χ0v) is 20.5. The average molecular weight is 517 g/mol. The summed E-state index contributed by atoms with van der Waals surface area (Å²) in [4.78, 5) is 12.9. The van der Waals surface area contributed by atoms with Crippen molar-refractivity contribution in [2.45, 2.75) is 44.0 Å². The van der Waals surface area contributed by atoms with E-state index in [1.54, 1.807) is 30.3 Å². The Morgan fingerprint density at radius 2 is 1.88 bits per heavy atom. The highest BCUT2D eigenvalue weighted by Gasteiger charge is 2.31. The van der Waals surface area contributed by atoms with Crippen LogP contribution in [0.15, 0.2) is 57.9 Å². The first-order valence-corrected chi connectivity index (χ1v) is 12.5. The molecule has 0 atom stereocenters. The molecule has 0 spiro atoms. The number of amides is 1. The molecule has 0 unspecified atom stereocenters. The molecule has 32 heavy (non-hydrogen) atoms. The molecule has 0 aliphatic carbocycles. The molecule has 4 rings (SSSR count). The van der Waals surface area contributed by atoms with Crippen LogP contribution in [0.5, 0.6) is 0 Å². The largest absolute Gasteiger partial charge is 0.305 e. The lowest BCUT2D eigenvalue weighted by atomic mass is 9.87. The summed E-state index contributed by atoms with van der Waals surface area (Å²) in [6.07, 6.45) is 0.494. The van der Waals surface area contributed by atoms with Gasteiger partial charge in [-0.05, 0) is 41.3 Å².